The maximum Gasteiger partial charge on any atom is 0.405 e. The molecule has 2 N–H and O–H groups in total. The van der Waals surface area contributed by atoms with E-state index >= 15 is 0 Å². The summed E-state index contributed by atoms with van der Waals surface area (Å²) in [4.78, 5) is 27.2. The number of hydrogen-bond donors (Lipinski definition) is 2. The molecule has 3 rings (SSSR count). The molecule has 6 nitrogen and oxygen atoms in total. The smallest absolute Gasteiger partial charge is 0.405 e. The number of nitrogens with one attached hydrogen (secondary N) is 1. The zero-order chi connectivity index (χ0) is 19.9. The molecule has 0 saturated heterocycles. The van der Waals surface area contributed by atoms with Crippen LogP contribution in [0.5, 0.6) is 0 Å². The van der Waals surface area contributed by atoms with Gasteiger partial charge in [0.05, 0.1) is 11.4 Å². The number of benzene rings is 1. The van der Waals surface area contributed by atoms with Crippen LogP contribution < -0.4 is 10.7 Å². The maximum atomic E-state index is 14.2. The number of rotatable bonds is 3. The second-order valence-corrected chi connectivity index (χ2v) is 6.25. The number of pyridine rings is 1. The van der Waals surface area contributed by atoms with Gasteiger partial charge in [0.25, 0.3) is 0 Å². The molecule has 0 saturated carbocycles. The highest BCUT2D eigenvalue weighted by molar-refractivity contribution is 5.84. The predicted octanol–water partition coefficient (Wildman–Crippen LogP) is 4.08. The molecule has 2 aromatic heterocycles. The van der Waals surface area contributed by atoms with Gasteiger partial charge in [0.15, 0.2) is 5.43 Å². The summed E-state index contributed by atoms with van der Waals surface area (Å²) in [5.41, 5.74) is 0.199. The number of aromatic nitrogens is 1. The van der Waals surface area contributed by atoms with Crippen LogP contribution in [0.3, 0.4) is 0 Å². The molecule has 0 aliphatic carbocycles. The third-order valence-corrected chi connectivity index (χ3v) is 4.28. The molecule has 1 amide bonds. The SMILES string of the molecule is Cc1cc(C(C)NC(=O)O)c2oc(-c3c(F)ccnc3F)c(C)c(=O)c2c1. The van der Waals surface area contributed by atoms with Crippen LogP contribution in [0.4, 0.5) is 13.6 Å². The number of halogens is 2. The molecule has 0 aliphatic heterocycles. The molecule has 8 heteroatoms. The first-order chi connectivity index (χ1) is 12.7. The lowest BCUT2D eigenvalue weighted by Crippen LogP contribution is -2.25. The second kappa shape index (κ2) is 6.79. The van der Waals surface area contributed by atoms with E-state index in [9.17, 15) is 18.4 Å². The first-order valence-electron chi connectivity index (χ1n) is 8.08. The first kappa shape index (κ1) is 18.5. The van der Waals surface area contributed by atoms with E-state index in [0.717, 1.165) is 17.8 Å². The zero-order valence-corrected chi connectivity index (χ0v) is 14.8. The summed E-state index contributed by atoms with van der Waals surface area (Å²) in [5, 5.41) is 11.5. The highest BCUT2D eigenvalue weighted by Crippen LogP contribution is 2.32. The Morgan fingerprint density at radius 2 is 2.00 bits per heavy atom. The van der Waals surface area contributed by atoms with Crippen molar-refractivity contribution in [1.29, 1.82) is 0 Å². The molecule has 0 fully saturated rings. The molecule has 27 heavy (non-hydrogen) atoms. The minimum Gasteiger partial charge on any atom is -0.465 e. The standard InChI is InChI=1S/C19H16F2N2O4/c1-8-6-11(10(3)23-19(25)26)17-12(7-8)15(24)9(2)16(27-17)14-13(20)4-5-22-18(14)21/h4-7,10,23H,1-3H3,(H,25,26). The molecule has 3 aromatic rings. The summed E-state index contributed by atoms with van der Waals surface area (Å²) in [6, 6.07) is 3.49. The van der Waals surface area contributed by atoms with Crippen molar-refractivity contribution in [2.24, 2.45) is 0 Å². The van der Waals surface area contributed by atoms with Gasteiger partial charge in [-0.25, -0.2) is 14.2 Å². The molecule has 2 heterocycles. The fraction of sp³-hybridized carbons (Fsp3) is 0.211. The topological polar surface area (TPSA) is 92.4 Å². The van der Waals surface area contributed by atoms with Crippen LogP contribution in [-0.2, 0) is 0 Å². The molecule has 1 atom stereocenters. The highest BCUT2D eigenvalue weighted by atomic mass is 19.1. The Labute approximate surface area is 152 Å². The largest absolute Gasteiger partial charge is 0.465 e. The van der Waals surface area contributed by atoms with E-state index in [0.29, 0.717) is 5.56 Å². The highest BCUT2D eigenvalue weighted by Gasteiger charge is 2.23. The summed E-state index contributed by atoms with van der Waals surface area (Å²) in [7, 11) is 0. The Bertz CT molecular complexity index is 1100. The van der Waals surface area contributed by atoms with Gasteiger partial charge in [-0.2, -0.15) is 4.39 Å². The third-order valence-electron chi connectivity index (χ3n) is 4.28. The third kappa shape index (κ3) is 3.25. The molecule has 1 aromatic carbocycles. The summed E-state index contributed by atoms with van der Waals surface area (Å²) in [6.07, 6.45) is -0.285. The molecule has 1 unspecified atom stereocenters. The lowest BCUT2D eigenvalue weighted by atomic mass is 9.99. The Kier molecular flexibility index (Phi) is 4.65. The second-order valence-electron chi connectivity index (χ2n) is 6.25. The summed E-state index contributed by atoms with van der Waals surface area (Å²) < 4.78 is 34.1. The number of amides is 1. The van der Waals surface area contributed by atoms with Gasteiger partial charge in [0, 0.05) is 17.3 Å². The summed E-state index contributed by atoms with van der Waals surface area (Å²) >= 11 is 0. The van der Waals surface area contributed by atoms with Crippen LogP contribution in [0.1, 0.15) is 29.7 Å². The molecular weight excluding hydrogens is 358 g/mol. The lowest BCUT2D eigenvalue weighted by molar-refractivity contribution is 0.191. The van der Waals surface area contributed by atoms with Crippen molar-refractivity contribution in [3.8, 4) is 11.3 Å². The van der Waals surface area contributed by atoms with Gasteiger partial charge in [-0.3, -0.25) is 4.79 Å². The van der Waals surface area contributed by atoms with Crippen LogP contribution >= 0.6 is 0 Å². The van der Waals surface area contributed by atoms with Crippen LogP contribution in [0.15, 0.2) is 33.6 Å². The van der Waals surface area contributed by atoms with Gasteiger partial charge in [0.1, 0.15) is 22.7 Å². The molecule has 0 radical (unpaired) electrons. The number of aryl methyl sites for hydroxylation is 1. The van der Waals surface area contributed by atoms with E-state index in [1.165, 1.54) is 6.92 Å². The molecular formula is C19H16F2N2O4. The van der Waals surface area contributed by atoms with Crippen molar-refractivity contribution >= 4 is 17.1 Å². The van der Waals surface area contributed by atoms with E-state index < -0.39 is 34.9 Å². The van der Waals surface area contributed by atoms with Crippen molar-refractivity contribution in [1.82, 2.24) is 10.3 Å². The van der Waals surface area contributed by atoms with Crippen molar-refractivity contribution < 1.29 is 23.1 Å². The van der Waals surface area contributed by atoms with Crippen LogP contribution in [0.2, 0.25) is 0 Å². The summed E-state index contributed by atoms with van der Waals surface area (Å²) in [5.74, 6) is -2.30. The molecule has 140 valence electrons. The van der Waals surface area contributed by atoms with Gasteiger partial charge in [-0.1, -0.05) is 6.07 Å². The number of carbonyl (C=O) groups is 1. The fourth-order valence-corrected chi connectivity index (χ4v) is 3.01. The fourth-order valence-electron chi connectivity index (χ4n) is 3.01. The first-order valence-corrected chi connectivity index (χ1v) is 8.08. The van der Waals surface area contributed by atoms with Crippen LogP contribution in [0.25, 0.3) is 22.3 Å². The zero-order valence-electron chi connectivity index (χ0n) is 14.8. The molecule has 0 bridgehead atoms. The monoisotopic (exact) mass is 374 g/mol. The number of fused-ring (bicyclic) bond motifs is 1. The van der Waals surface area contributed by atoms with Crippen LogP contribution in [0, 0.1) is 25.6 Å². The van der Waals surface area contributed by atoms with Crippen molar-refractivity contribution in [2.75, 3.05) is 0 Å². The number of carboxylic acid groups (broad SMARTS) is 1. The lowest BCUT2D eigenvalue weighted by Gasteiger charge is -2.16. The summed E-state index contributed by atoms with van der Waals surface area (Å²) in [6.45, 7) is 4.74. The minimum atomic E-state index is -1.25. The normalized spacial score (nSPS) is 12.2. The van der Waals surface area contributed by atoms with Crippen LogP contribution in [-0.4, -0.2) is 16.2 Å². The quantitative estimate of drug-likeness (QED) is 0.674. The van der Waals surface area contributed by atoms with Gasteiger partial charge in [-0.05, 0) is 38.5 Å². The Balaban J connectivity index is 2.39. The van der Waals surface area contributed by atoms with E-state index in [2.05, 4.69) is 10.3 Å². The van der Waals surface area contributed by atoms with Gasteiger partial charge < -0.3 is 14.8 Å². The van der Waals surface area contributed by atoms with Gasteiger partial charge in [0.2, 0.25) is 5.95 Å². The van der Waals surface area contributed by atoms with E-state index in [4.69, 9.17) is 9.52 Å². The number of nitrogens with zero attached hydrogens (tertiary/aromatic N) is 1. The maximum absolute atomic E-state index is 14.2. The van der Waals surface area contributed by atoms with E-state index in [1.54, 1.807) is 26.0 Å². The van der Waals surface area contributed by atoms with Gasteiger partial charge >= 0.3 is 6.09 Å². The van der Waals surface area contributed by atoms with Crippen molar-refractivity contribution in [3.63, 3.8) is 0 Å². The van der Waals surface area contributed by atoms with Crippen molar-refractivity contribution in [2.45, 2.75) is 26.8 Å². The average molecular weight is 374 g/mol. The minimum absolute atomic E-state index is 0.0312. The Hall–Kier alpha value is -3.29. The van der Waals surface area contributed by atoms with E-state index in [-0.39, 0.29) is 22.3 Å². The number of hydrogen-bond acceptors (Lipinski definition) is 4. The Morgan fingerprint density at radius 3 is 2.63 bits per heavy atom. The van der Waals surface area contributed by atoms with E-state index in [1.807, 2.05) is 0 Å². The van der Waals surface area contributed by atoms with Gasteiger partial charge in [-0.15, -0.1) is 0 Å². The molecule has 0 spiro atoms. The van der Waals surface area contributed by atoms with Crippen molar-refractivity contribution in [3.05, 3.63) is 63.1 Å². The average Bonchev–Trinajstić information content (AvgIpc) is 2.58. The molecule has 0 aliphatic rings. The predicted molar refractivity (Wildman–Crippen MR) is 94.7 cm³/mol. The Morgan fingerprint density at radius 1 is 1.30 bits per heavy atom.